The third kappa shape index (κ3) is 3.62. The van der Waals surface area contributed by atoms with E-state index in [4.69, 9.17) is 11.6 Å². The molecule has 0 aliphatic rings. The zero-order chi connectivity index (χ0) is 14.5. The summed E-state index contributed by atoms with van der Waals surface area (Å²) in [4.78, 5) is 0. The highest BCUT2D eigenvalue weighted by molar-refractivity contribution is 6.31. The van der Waals surface area contributed by atoms with Gasteiger partial charge in [-0.15, -0.1) is 0 Å². The number of rotatable bonds is 6. The Morgan fingerprint density at radius 2 is 2.15 bits per heavy atom. The molecule has 0 amide bonds. The van der Waals surface area contributed by atoms with E-state index in [1.807, 2.05) is 23.9 Å². The fourth-order valence-electron chi connectivity index (χ4n) is 2.35. The van der Waals surface area contributed by atoms with E-state index in [1.54, 1.807) is 0 Å². The first-order valence-electron chi connectivity index (χ1n) is 7.14. The van der Waals surface area contributed by atoms with Crippen LogP contribution in [-0.2, 0) is 6.54 Å². The second-order valence-corrected chi connectivity index (χ2v) is 5.49. The SMILES string of the molecule is CCNC(CC)c1cnn(Cc2ccc(C)cc2Cl)c1. The first kappa shape index (κ1) is 15.1. The van der Waals surface area contributed by atoms with Crippen molar-refractivity contribution < 1.29 is 0 Å². The van der Waals surface area contributed by atoms with Crippen LogP contribution in [0.25, 0.3) is 0 Å². The lowest BCUT2D eigenvalue weighted by Crippen LogP contribution is -2.19. The van der Waals surface area contributed by atoms with Gasteiger partial charge >= 0.3 is 0 Å². The van der Waals surface area contributed by atoms with Crippen molar-refractivity contribution in [1.29, 1.82) is 0 Å². The predicted octanol–water partition coefficient (Wildman–Crippen LogP) is 3.95. The summed E-state index contributed by atoms with van der Waals surface area (Å²) in [6.07, 6.45) is 5.11. The second-order valence-electron chi connectivity index (χ2n) is 5.08. The van der Waals surface area contributed by atoms with E-state index in [0.717, 1.165) is 23.6 Å². The van der Waals surface area contributed by atoms with E-state index in [9.17, 15) is 0 Å². The number of hydrogen-bond acceptors (Lipinski definition) is 2. The van der Waals surface area contributed by atoms with Gasteiger partial charge in [0.1, 0.15) is 0 Å². The average Bonchev–Trinajstić information content (AvgIpc) is 2.87. The van der Waals surface area contributed by atoms with Gasteiger partial charge in [-0.3, -0.25) is 4.68 Å². The molecule has 0 aliphatic heterocycles. The van der Waals surface area contributed by atoms with Gasteiger partial charge in [0.05, 0.1) is 12.7 Å². The molecule has 0 bridgehead atoms. The molecule has 0 spiro atoms. The van der Waals surface area contributed by atoms with Gasteiger partial charge in [0.25, 0.3) is 0 Å². The Morgan fingerprint density at radius 1 is 1.35 bits per heavy atom. The average molecular weight is 292 g/mol. The van der Waals surface area contributed by atoms with Crippen LogP contribution in [0.15, 0.2) is 30.6 Å². The van der Waals surface area contributed by atoms with Crippen LogP contribution in [0.4, 0.5) is 0 Å². The van der Waals surface area contributed by atoms with Gasteiger partial charge in [-0.1, -0.05) is 37.6 Å². The minimum Gasteiger partial charge on any atom is -0.310 e. The molecule has 2 rings (SSSR count). The van der Waals surface area contributed by atoms with E-state index in [1.165, 1.54) is 11.1 Å². The van der Waals surface area contributed by atoms with E-state index in [2.05, 4.69) is 42.6 Å². The number of hydrogen-bond donors (Lipinski definition) is 1. The topological polar surface area (TPSA) is 29.9 Å². The number of aryl methyl sites for hydroxylation is 1. The fraction of sp³-hybridized carbons (Fsp3) is 0.438. The van der Waals surface area contributed by atoms with E-state index in [0.29, 0.717) is 12.6 Å². The molecule has 0 aliphatic carbocycles. The van der Waals surface area contributed by atoms with Gasteiger partial charge in [0.15, 0.2) is 0 Å². The monoisotopic (exact) mass is 291 g/mol. The maximum absolute atomic E-state index is 6.27. The molecule has 4 heteroatoms. The summed E-state index contributed by atoms with van der Waals surface area (Å²) < 4.78 is 1.95. The zero-order valence-electron chi connectivity index (χ0n) is 12.4. The molecule has 0 saturated carbocycles. The largest absolute Gasteiger partial charge is 0.310 e. The Morgan fingerprint density at radius 3 is 2.80 bits per heavy atom. The van der Waals surface area contributed by atoms with Crippen molar-refractivity contribution in [2.24, 2.45) is 0 Å². The van der Waals surface area contributed by atoms with Crippen molar-refractivity contribution in [2.75, 3.05) is 6.54 Å². The zero-order valence-corrected chi connectivity index (χ0v) is 13.1. The first-order valence-corrected chi connectivity index (χ1v) is 7.52. The molecule has 1 aromatic carbocycles. The highest BCUT2D eigenvalue weighted by Crippen LogP contribution is 2.20. The Kier molecular flexibility index (Phi) is 5.21. The molecule has 1 atom stereocenters. The predicted molar refractivity (Wildman–Crippen MR) is 84.2 cm³/mol. The highest BCUT2D eigenvalue weighted by Gasteiger charge is 2.10. The second kappa shape index (κ2) is 6.91. The molecule has 0 fully saturated rings. The van der Waals surface area contributed by atoms with Crippen LogP contribution in [0.1, 0.15) is 43.0 Å². The number of benzene rings is 1. The van der Waals surface area contributed by atoms with Crippen LogP contribution < -0.4 is 5.32 Å². The molecular weight excluding hydrogens is 270 g/mol. The van der Waals surface area contributed by atoms with Crippen molar-refractivity contribution in [3.8, 4) is 0 Å². The standard InChI is InChI=1S/C16H22ClN3/c1-4-16(18-5-2)14-9-19-20(11-14)10-13-7-6-12(3)8-15(13)17/h6-9,11,16,18H,4-5,10H2,1-3H3. The molecule has 3 nitrogen and oxygen atoms in total. The van der Waals surface area contributed by atoms with Gasteiger partial charge in [-0.05, 0) is 37.1 Å². The lowest BCUT2D eigenvalue weighted by atomic mass is 10.1. The van der Waals surface area contributed by atoms with Crippen LogP contribution in [0.2, 0.25) is 5.02 Å². The Labute approximate surface area is 126 Å². The fourth-order valence-corrected chi connectivity index (χ4v) is 2.64. The van der Waals surface area contributed by atoms with E-state index < -0.39 is 0 Å². The third-order valence-electron chi connectivity index (χ3n) is 3.46. The molecule has 20 heavy (non-hydrogen) atoms. The number of halogens is 1. The molecule has 108 valence electrons. The summed E-state index contributed by atoms with van der Waals surface area (Å²) in [5.41, 5.74) is 3.51. The first-order chi connectivity index (χ1) is 9.63. The van der Waals surface area contributed by atoms with Crippen LogP contribution in [0.3, 0.4) is 0 Å². The van der Waals surface area contributed by atoms with Crippen LogP contribution in [0, 0.1) is 6.92 Å². The molecule has 1 N–H and O–H groups in total. The summed E-state index contributed by atoms with van der Waals surface area (Å²) in [6.45, 7) is 8.03. The molecule has 0 saturated heterocycles. The molecular formula is C16H22ClN3. The summed E-state index contributed by atoms with van der Waals surface area (Å²) in [5.74, 6) is 0. The maximum atomic E-state index is 6.27. The Bertz CT molecular complexity index is 563. The van der Waals surface area contributed by atoms with Gasteiger partial charge < -0.3 is 5.32 Å². The van der Waals surface area contributed by atoms with Gasteiger partial charge in [0, 0.05) is 22.8 Å². The molecule has 1 aromatic heterocycles. The molecule has 1 unspecified atom stereocenters. The van der Waals surface area contributed by atoms with Gasteiger partial charge in [0.2, 0.25) is 0 Å². The minimum atomic E-state index is 0.377. The number of nitrogens with one attached hydrogen (secondary N) is 1. The van der Waals surface area contributed by atoms with Crippen molar-refractivity contribution in [1.82, 2.24) is 15.1 Å². The quantitative estimate of drug-likeness (QED) is 0.873. The van der Waals surface area contributed by atoms with Gasteiger partial charge in [-0.25, -0.2) is 0 Å². The van der Waals surface area contributed by atoms with Crippen molar-refractivity contribution in [2.45, 2.75) is 39.8 Å². The van der Waals surface area contributed by atoms with Crippen molar-refractivity contribution in [3.63, 3.8) is 0 Å². The molecule has 1 heterocycles. The minimum absolute atomic E-state index is 0.377. The summed E-state index contributed by atoms with van der Waals surface area (Å²) >= 11 is 6.27. The number of nitrogens with zero attached hydrogens (tertiary/aromatic N) is 2. The van der Waals surface area contributed by atoms with Crippen molar-refractivity contribution >= 4 is 11.6 Å². The lowest BCUT2D eigenvalue weighted by molar-refractivity contribution is 0.536. The number of aromatic nitrogens is 2. The van der Waals surface area contributed by atoms with E-state index >= 15 is 0 Å². The smallest absolute Gasteiger partial charge is 0.0674 e. The maximum Gasteiger partial charge on any atom is 0.0674 e. The Balaban J connectivity index is 2.12. The van der Waals surface area contributed by atoms with Crippen LogP contribution in [0.5, 0.6) is 0 Å². The lowest BCUT2D eigenvalue weighted by Gasteiger charge is -2.13. The normalized spacial score (nSPS) is 12.6. The summed E-state index contributed by atoms with van der Waals surface area (Å²) in [5, 5.41) is 8.72. The summed E-state index contributed by atoms with van der Waals surface area (Å²) in [7, 11) is 0. The molecule has 0 radical (unpaired) electrons. The Hall–Kier alpha value is -1.32. The third-order valence-corrected chi connectivity index (χ3v) is 3.81. The van der Waals surface area contributed by atoms with Crippen LogP contribution >= 0.6 is 11.6 Å². The van der Waals surface area contributed by atoms with E-state index in [-0.39, 0.29) is 0 Å². The molecule has 2 aromatic rings. The van der Waals surface area contributed by atoms with Crippen LogP contribution in [-0.4, -0.2) is 16.3 Å². The summed E-state index contributed by atoms with van der Waals surface area (Å²) in [6, 6.07) is 6.52. The highest BCUT2D eigenvalue weighted by atomic mass is 35.5. The van der Waals surface area contributed by atoms with Crippen molar-refractivity contribution in [3.05, 3.63) is 52.3 Å². The van der Waals surface area contributed by atoms with Gasteiger partial charge in [-0.2, -0.15) is 5.10 Å².